The first-order valence-corrected chi connectivity index (χ1v) is 8.49. The minimum absolute atomic E-state index is 0.155. The second kappa shape index (κ2) is 5.64. The quantitative estimate of drug-likeness (QED) is 0.940. The number of carbonyl (C=O) groups excluding carboxylic acids is 1. The molecule has 0 bridgehead atoms. The lowest BCUT2D eigenvalue weighted by atomic mass is 9.94. The highest BCUT2D eigenvalue weighted by molar-refractivity contribution is 6.30. The van der Waals surface area contributed by atoms with Gasteiger partial charge in [-0.15, -0.1) is 10.2 Å². The Labute approximate surface area is 140 Å². The maximum absolute atomic E-state index is 12.8. The lowest BCUT2D eigenvalue weighted by Crippen LogP contribution is -2.41. The Kier molecular flexibility index (Phi) is 3.60. The molecule has 2 aromatic rings. The third-order valence-electron chi connectivity index (χ3n) is 5.05. The van der Waals surface area contributed by atoms with Gasteiger partial charge in [-0.2, -0.15) is 0 Å². The average molecular weight is 331 g/mol. The molecule has 1 aliphatic carbocycles. The van der Waals surface area contributed by atoms with Crippen LogP contribution in [0.25, 0.3) is 0 Å². The third kappa shape index (κ3) is 2.74. The van der Waals surface area contributed by atoms with Gasteiger partial charge in [-0.05, 0) is 43.4 Å². The zero-order valence-corrected chi connectivity index (χ0v) is 13.6. The number of fused-ring (bicyclic) bond motifs is 1. The first-order valence-electron chi connectivity index (χ1n) is 8.11. The zero-order chi connectivity index (χ0) is 15.9. The van der Waals surface area contributed by atoms with E-state index in [1.807, 2.05) is 24.3 Å². The van der Waals surface area contributed by atoms with Crippen molar-refractivity contribution in [1.29, 1.82) is 0 Å². The van der Waals surface area contributed by atoms with E-state index in [4.69, 9.17) is 11.6 Å². The van der Waals surface area contributed by atoms with E-state index in [0.717, 1.165) is 50.0 Å². The Morgan fingerprint density at radius 1 is 1.26 bits per heavy atom. The van der Waals surface area contributed by atoms with Crippen LogP contribution in [0, 0.1) is 0 Å². The number of aryl methyl sites for hydroxylation is 2. The number of benzene rings is 1. The third-order valence-corrected chi connectivity index (χ3v) is 5.30. The highest BCUT2D eigenvalue weighted by Gasteiger charge is 2.51. The molecule has 2 heterocycles. The zero-order valence-electron chi connectivity index (χ0n) is 12.8. The van der Waals surface area contributed by atoms with Gasteiger partial charge in [0.25, 0.3) is 0 Å². The lowest BCUT2D eigenvalue weighted by Gasteiger charge is -2.21. The minimum atomic E-state index is -0.341. The fraction of sp³-hybridized carbons (Fsp3) is 0.471. The molecule has 1 aliphatic heterocycles. The molecular formula is C17H19ClN4O. The number of rotatable bonds is 3. The molecule has 5 nitrogen and oxygen atoms in total. The number of nitrogens with zero attached hydrogens (tertiary/aromatic N) is 3. The van der Waals surface area contributed by atoms with Crippen LogP contribution in [-0.2, 0) is 23.2 Å². The molecular weight excluding hydrogens is 312 g/mol. The van der Waals surface area contributed by atoms with Gasteiger partial charge < -0.3 is 9.88 Å². The normalized spacial score (nSPS) is 22.0. The van der Waals surface area contributed by atoms with Crippen molar-refractivity contribution in [1.82, 2.24) is 20.1 Å². The second-order valence-corrected chi connectivity index (χ2v) is 6.96. The van der Waals surface area contributed by atoms with Gasteiger partial charge in [0.15, 0.2) is 0 Å². The van der Waals surface area contributed by atoms with Crippen LogP contribution < -0.4 is 5.32 Å². The van der Waals surface area contributed by atoms with Gasteiger partial charge in [0.05, 0.1) is 5.41 Å². The number of hydrogen-bond donors (Lipinski definition) is 1. The molecule has 2 aliphatic rings. The van der Waals surface area contributed by atoms with Crippen molar-refractivity contribution in [3.63, 3.8) is 0 Å². The number of nitrogens with one attached hydrogen (secondary N) is 1. The Balaban J connectivity index is 1.44. The van der Waals surface area contributed by atoms with E-state index in [2.05, 4.69) is 20.1 Å². The van der Waals surface area contributed by atoms with E-state index in [1.54, 1.807) is 6.33 Å². The Morgan fingerprint density at radius 3 is 2.78 bits per heavy atom. The first kappa shape index (κ1) is 14.7. The van der Waals surface area contributed by atoms with Crippen LogP contribution in [0.15, 0.2) is 30.6 Å². The van der Waals surface area contributed by atoms with Gasteiger partial charge in [-0.25, -0.2) is 0 Å². The van der Waals surface area contributed by atoms with E-state index in [9.17, 15) is 4.79 Å². The maximum atomic E-state index is 12.8. The van der Waals surface area contributed by atoms with Gasteiger partial charge in [0.1, 0.15) is 12.2 Å². The summed E-state index contributed by atoms with van der Waals surface area (Å²) in [6.45, 7) is 0.862. The molecule has 1 N–H and O–H groups in total. The van der Waals surface area contributed by atoms with E-state index >= 15 is 0 Å². The summed E-state index contributed by atoms with van der Waals surface area (Å²) in [6, 6.07) is 7.88. The van der Waals surface area contributed by atoms with Crippen molar-refractivity contribution in [2.75, 3.05) is 0 Å². The Hall–Kier alpha value is -1.88. The van der Waals surface area contributed by atoms with Crippen LogP contribution in [-0.4, -0.2) is 26.7 Å². The van der Waals surface area contributed by atoms with Gasteiger partial charge in [0, 0.05) is 24.0 Å². The predicted molar refractivity (Wildman–Crippen MR) is 87.3 cm³/mol. The molecule has 1 unspecified atom stereocenters. The van der Waals surface area contributed by atoms with Crippen LogP contribution in [0.3, 0.4) is 0 Å². The van der Waals surface area contributed by atoms with Crippen LogP contribution >= 0.6 is 11.6 Å². The van der Waals surface area contributed by atoms with Crippen molar-refractivity contribution in [2.45, 2.75) is 50.1 Å². The van der Waals surface area contributed by atoms with E-state index in [0.29, 0.717) is 5.02 Å². The SMILES string of the molecule is O=C(NC1CCc2nncn2CC1)C1(c2ccc(Cl)cc2)CC1. The summed E-state index contributed by atoms with van der Waals surface area (Å²) in [6.07, 6.45) is 6.31. The molecule has 0 spiro atoms. The molecule has 4 rings (SSSR count). The van der Waals surface area contributed by atoms with Crippen molar-refractivity contribution in [3.05, 3.63) is 47.0 Å². The van der Waals surface area contributed by atoms with E-state index in [1.165, 1.54) is 0 Å². The number of hydrogen-bond acceptors (Lipinski definition) is 3. The van der Waals surface area contributed by atoms with Crippen LogP contribution in [0.5, 0.6) is 0 Å². The van der Waals surface area contributed by atoms with Crippen molar-refractivity contribution >= 4 is 17.5 Å². The topological polar surface area (TPSA) is 59.8 Å². The number of carbonyl (C=O) groups is 1. The molecule has 120 valence electrons. The summed E-state index contributed by atoms with van der Waals surface area (Å²) in [4.78, 5) is 12.8. The molecule has 0 saturated heterocycles. The van der Waals surface area contributed by atoms with Crippen LogP contribution in [0.2, 0.25) is 5.02 Å². The monoisotopic (exact) mass is 330 g/mol. The largest absolute Gasteiger partial charge is 0.353 e. The van der Waals surface area contributed by atoms with Crippen LogP contribution in [0.4, 0.5) is 0 Å². The fourth-order valence-electron chi connectivity index (χ4n) is 3.41. The Bertz CT molecular complexity index is 698. The Morgan fingerprint density at radius 2 is 2.04 bits per heavy atom. The molecule has 1 aromatic heterocycles. The van der Waals surface area contributed by atoms with Crippen molar-refractivity contribution < 1.29 is 4.79 Å². The highest BCUT2D eigenvalue weighted by Crippen LogP contribution is 2.48. The van der Waals surface area contributed by atoms with E-state index < -0.39 is 0 Å². The van der Waals surface area contributed by atoms with Crippen LogP contribution in [0.1, 0.15) is 37.1 Å². The molecule has 1 atom stereocenters. The fourth-order valence-corrected chi connectivity index (χ4v) is 3.54. The number of aromatic nitrogens is 3. The average Bonchev–Trinajstić information content (AvgIpc) is 3.28. The summed E-state index contributed by atoms with van der Waals surface area (Å²) in [5.74, 6) is 1.17. The summed E-state index contributed by atoms with van der Waals surface area (Å²) in [5.41, 5.74) is 0.733. The first-order chi connectivity index (χ1) is 11.2. The summed E-state index contributed by atoms with van der Waals surface area (Å²) in [7, 11) is 0. The molecule has 6 heteroatoms. The standard InChI is InChI=1S/C17H19ClN4O/c18-13-3-1-12(2-4-13)17(8-9-17)16(23)20-14-5-6-15-21-19-11-22(15)10-7-14/h1-4,11,14H,5-10H2,(H,20,23). The van der Waals surface area contributed by atoms with Crippen molar-refractivity contribution in [2.24, 2.45) is 0 Å². The molecule has 1 saturated carbocycles. The number of amides is 1. The summed E-state index contributed by atoms with van der Waals surface area (Å²) < 4.78 is 2.08. The van der Waals surface area contributed by atoms with Gasteiger partial charge in [0.2, 0.25) is 5.91 Å². The molecule has 1 fully saturated rings. The summed E-state index contributed by atoms with van der Waals surface area (Å²) in [5, 5.41) is 12.0. The smallest absolute Gasteiger partial charge is 0.230 e. The number of halogens is 1. The van der Waals surface area contributed by atoms with Gasteiger partial charge in [-0.1, -0.05) is 23.7 Å². The molecule has 23 heavy (non-hydrogen) atoms. The molecule has 1 amide bonds. The van der Waals surface area contributed by atoms with E-state index in [-0.39, 0.29) is 17.4 Å². The van der Waals surface area contributed by atoms with Gasteiger partial charge in [-0.3, -0.25) is 4.79 Å². The molecule has 1 aromatic carbocycles. The van der Waals surface area contributed by atoms with Gasteiger partial charge >= 0.3 is 0 Å². The highest BCUT2D eigenvalue weighted by atomic mass is 35.5. The predicted octanol–water partition coefficient (Wildman–Crippen LogP) is 2.48. The lowest BCUT2D eigenvalue weighted by molar-refractivity contribution is -0.124. The molecule has 0 radical (unpaired) electrons. The minimum Gasteiger partial charge on any atom is -0.353 e. The second-order valence-electron chi connectivity index (χ2n) is 6.53. The van der Waals surface area contributed by atoms with Crippen molar-refractivity contribution in [3.8, 4) is 0 Å². The summed E-state index contributed by atoms with van der Waals surface area (Å²) >= 11 is 5.96. The maximum Gasteiger partial charge on any atom is 0.230 e.